The van der Waals surface area contributed by atoms with Crippen molar-refractivity contribution in [3.05, 3.63) is 70.0 Å². The van der Waals surface area contributed by atoms with Crippen LogP contribution in [-0.4, -0.2) is 32.3 Å². The maximum absolute atomic E-state index is 12.9. The molecule has 1 aromatic heterocycles. The van der Waals surface area contributed by atoms with Gasteiger partial charge in [0.2, 0.25) is 5.91 Å². The molecular formula is C25H30ClN5O2S. The van der Waals surface area contributed by atoms with Gasteiger partial charge in [-0.3, -0.25) is 9.59 Å². The number of aromatic nitrogens is 3. The minimum Gasteiger partial charge on any atom is -0.342 e. The summed E-state index contributed by atoms with van der Waals surface area (Å²) in [6.45, 7) is 10.7. The highest BCUT2D eigenvalue weighted by Crippen LogP contribution is 2.26. The molecule has 0 aliphatic heterocycles. The highest BCUT2D eigenvalue weighted by molar-refractivity contribution is 7.99. The summed E-state index contributed by atoms with van der Waals surface area (Å²) >= 11 is 7.52. The fourth-order valence-corrected chi connectivity index (χ4v) is 4.51. The van der Waals surface area contributed by atoms with Gasteiger partial charge in [-0.05, 0) is 62.1 Å². The van der Waals surface area contributed by atoms with Gasteiger partial charge in [-0.1, -0.05) is 55.4 Å². The van der Waals surface area contributed by atoms with Gasteiger partial charge in [0.15, 0.2) is 11.0 Å². The molecule has 3 rings (SSSR count). The van der Waals surface area contributed by atoms with E-state index in [0.717, 1.165) is 11.3 Å². The summed E-state index contributed by atoms with van der Waals surface area (Å²) in [6.07, 6.45) is 0. The Balaban J connectivity index is 1.72. The summed E-state index contributed by atoms with van der Waals surface area (Å²) in [4.78, 5) is 25.4. The van der Waals surface area contributed by atoms with E-state index in [0.29, 0.717) is 28.1 Å². The number of nitrogens with one attached hydrogen (secondary N) is 2. The van der Waals surface area contributed by atoms with Gasteiger partial charge < -0.3 is 15.2 Å². The van der Waals surface area contributed by atoms with Crippen molar-refractivity contribution in [1.29, 1.82) is 0 Å². The SMILES string of the molecule is CCn1c(SCC(=O)Nc2ccc(C)c(C)c2)nnc1[C@@H](NC(=O)c1ccccc1Cl)C(C)C. The molecule has 1 atom stereocenters. The van der Waals surface area contributed by atoms with E-state index in [2.05, 4.69) is 20.8 Å². The van der Waals surface area contributed by atoms with E-state index >= 15 is 0 Å². The van der Waals surface area contributed by atoms with Crippen molar-refractivity contribution in [1.82, 2.24) is 20.1 Å². The van der Waals surface area contributed by atoms with Crippen LogP contribution in [-0.2, 0) is 11.3 Å². The van der Waals surface area contributed by atoms with Crippen LogP contribution in [0.15, 0.2) is 47.6 Å². The maximum atomic E-state index is 12.9. The molecule has 180 valence electrons. The normalized spacial score (nSPS) is 12.0. The molecule has 0 saturated carbocycles. The molecule has 2 N–H and O–H groups in total. The van der Waals surface area contributed by atoms with E-state index in [1.165, 1.54) is 17.3 Å². The fraction of sp³-hybridized carbons (Fsp3) is 0.360. The summed E-state index contributed by atoms with van der Waals surface area (Å²) < 4.78 is 1.94. The Morgan fingerprint density at radius 1 is 1.09 bits per heavy atom. The third-order valence-electron chi connectivity index (χ3n) is 5.53. The second-order valence-electron chi connectivity index (χ2n) is 8.40. The van der Waals surface area contributed by atoms with Crippen LogP contribution >= 0.6 is 23.4 Å². The third kappa shape index (κ3) is 6.18. The topological polar surface area (TPSA) is 88.9 Å². The lowest BCUT2D eigenvalue weighted by atomic mass is 10.0. The first-order valence-corrected chi connectivity index (χ1v) is 12.6. The smallest absolute Gasteiger partial charge is 0.253 e. The van der Waals surface area contributed by atoms with Crippen LogP contribution in [0.5, 0.6) is 0 Å². The van der Waals surface area contributed by atoms with Crippen LogP contribution in [0, 0.1) is 19.8 Å². The van der Waals surface area contributed by atoms with Crippen molar-refractivity contribution in [2.45, 2.75) is 52.4 Å². The van der Waals surface area contributed by atoms with E-state index < -0.39 is 0 Å². The van der Waals surface area contributed by atoms with E-state index in [-0.39, 0.29) is 29.5 Å². The Bertz CT molecular complexity index is 1180. The monoisotopic (exact) mass is 499 g/mol. The standard InChI is InChI=1S/C25H30ClN5O2S/c1-6-31-23(22(15(2)3)28-24(33)19-9-7-8-10-20(19)26)29-30-25(31)34-14-21(32)27-18-12-11-16(4)17(5)13-18/h7-13,15,22H,6,14H2,1-5H3,(H,27,32)(H,28,33)/t22-/m0/s1. The number of hydrogen-bond acceptors (Lipinski definition) is 5. The number of anilines is 1. The van der Waals surface area contributed by atoms with Gasteiger partial charge in [-0.2, -0.15) is 0 Å². The molecule has 34 heavy (non-hydrogen) atoms. The van der Waals surface area contributed by atoms with Gasteiger partial charge >= 0.3 is 0 Å². The largest absolute Gasteiger partial charge is 0.342 e. The summed E-state index contributed by atoms with van der Waals surface area (Å²) in [7, 11) is 0. The Hall–Kier alpha value is -2.84. The predicted molar refractivity (Wildman–Crippen MR) is 137 cm³/mol. The second kappa shape index (κ2) is 11.5. The number of carbonyl (C=O) groups excluding carboxylic acids is 2. The summed E-state index contributed by atoms with van der Waals surface area (Å²) in [5, 5.41) is 15.7. The first-order valence-electron chi connectivity index (χ1n) is 11.2. The van der Waals surface area contributed by atoms with Crippen LogP contribution in [0.4, 0.5) is 5.69 Å². The zero-order valence-corrected chi connectivity index (χ0v) is 21.6. The van der Waals surface area contributed by atoms with Crippen molar-refractivity contribution in [2.75, 3.05) is 11.1 Å². The lowest BCUT2D eigenvalue weighted by molar-refractivity contribution is -0.113. The molecule has 2 aromatic carbocycles. The van der Waals surface area contributed by atoms with Gasteiger partial charge in [0.05, 0.1) is 22.4 Å². The molecule has 9 heteroatoms. The summed E-state index contributed by atoms with van der Waals surface area (Å²) in [5.41, 5.74) is 3.49. The molecule has 3 aromatic rings. The molecule has 0 aliphatic carbocycles. The molecule has 0 radical (unpaired) electrons. The molecule has 0 aliphatic rings. The zero-order valence-electron chi connectivity index (χ0n) is 20.1. The number of amides is 2. The Kier molecular flexibility index (Phi) is 8.74. The van der Waals surface area contributed by atoms with Gasteiger partial charge in [0, 0.05) is 12.2 Å². The number of thioether (sulfide) groups is 1. The average molecular weight is 500 g/mol. The van der Waals surface area contributed by atoms with E-state index in [1.807, 2.05) is 57.4 Å². The van der Waals surface area contributed by atoms with Gasteiger partial charge in [-0.25, -0.2) is 0 Å². The molecule has 0 fully saturated rings. The second-order valence-corrected chi connectivity index (χ2v) is 9.75. The number of aryl methyl sites for hydroxylation is 2. The Morgan fingerprint density at radius 3 is 2.47 bits per heavy atom. The van der Waals surface area contributed by atoms with Crippen LogP contribution in [0.25, 0.3) is 0 Å². The van der Waals surface area contributed by atoms with Crippen LogP contribution in [0.2, 0.25) is 5.02 Å². The molecule has 0 saturated heterocycles. The van der Waals surface area contributed by atoms with Crippen molar-refractivity contribution in [3.63, 3.8) is 0 Å². The van der Waals surface area contributed by atoms with Crippen LogP contribution in [0.3, 0.4) is 0 Å². The molecule has 0 bridgehead atoms. The number of hydrogen-bond donors (Lipinski definition) is 2. The van der Waals surface area contributed by atoms with Crippen LogP contribution in [0.1, 0.15) is 54.1 Å². The van der Waals surface area contributed by atoms with E-state index in [1.54, 1.807) is 24.3 Å². The molecular weight excluding hydrogens is 470 g/mol. The molecule has 1 heterocycles. The number of carbonyl (C=O) groups is 2. The molecule has 7 nitrogen and oxygen atoms in total. The Labute approximate surface area is 209 Å². The number of rotatable bonds is 9. The van der Waals surface area contributed by atoms with Gasteiger partial charge in [0.1, 0.15) is 0 Å². The van der Waals surface area contributed by atoms with Crippen molar-refractivity contribution < 1.29 is 9.59 Å². The third-order valence-corrected chi connectivity index (χ3v) is 6.83. The summed E-state index contributed by atoms with van der Waals surface area (Å²) in [6, 6.07) is 12.4. The molecule has 2 amide bonds. The number of nitrogens with zero attached hydrogens (tertiary/aromatic N) is 3. The molecule has 0 spiro atoms. The average Bonchev–Trinajstić information content (AvgIpc) is 3.21. The lowest BCUT2D eigenvalue weighted by Crippen LogP contribution is -2.34. The lowest BCUT2D eigenvalue weighted by Gasteiger charge is -2.22. The van der Waals surface area contributed by atoms with Crippen LogP contribution < -0.4 is 10.6 Å². The fourth-order valence-electron chi connectivity index (χ4n) is 3.47. The minimum atomic E-state index is -0.366. The highest BCUT2D eigenvalue weighted by atomic mass is 35.5. The van der Waals surface area contributed by atoms with E-state index in [9.17, 15) is 9.59 Å². The highest BCUT2D eigenvalue weighted by Gasteiger charge is 2.26. The zero-order chi connectivity index (χ0) is 24.8. The van der Waals surface area contributed by atoms with E-state index in [4.69, 9.17) is 11.6 Å². The predicted octanol–water partition coefficient (Wildman–Crippen LogP) is 5.43. The first kappa shape index (κ1) is 25.8. The summed E-state index contributed by atoms with van der Waals surface area (Å²) in [5.74, 6) is 0.523. The van der Waals surface area contributed by atoms with Crippen molar-refractivity contribution >= 4 is 40.9 Å². The first-order chi connectivity index (χ1) is 16.2. The molecule has 0 unspecified atom stereocenters. The number of benzene rings is 2. The van der Waals surface area contributed by atoms with Gasteiger partial charge in [-0.15, -0.1) is 10.2 Å². The minimum absolute atomic E-state index is 0.0619. The Morgan fingerprint density at radius 2 is 1.82 bits per heavy atom. The maximum Gasteiger partial charge on any atom is 0.253 e. The van der Waals surface area contributed by atoms with Crippen molar-refractivity contribution in [2.24, 2.45) is 5.92 Å². The van der Waals surface area contributed by atoms with Gasteiger partial charge in [0.25, 0.3) is 5.91 Å². The number of halogens is 1. The quantitative estimate of drug-likeness (QED) is 0.383. The van der Waals surface area contributed by atoms with Crippen molar-refractivity contribution in [3.8, 4) is 0 Å².